The molecule has 3 aromatic heterocycles. The number of rotatable bonds is 4. The summed E-state index contributed by atoms with van der Waals surface area (Å²) in [6, 6.07) is 8.65. The first-order chi connectivity index (χ1) is 12.1. The zero-order chi connectivity index (χ0) is 17.4. The van der Waals surface area contributed by atoms with Crippen molar-refractivity contribution in [2.45, 2.75) is 13.5 Å². The van der Waals surface area contributed by atoms with Crippen LogP contribution in [0.25, 0.3) is 21.7 Å². The highest BCUT2D eigenvalue weighted by molar-refractivity contribution is 7.13. The van der Waals surface area contributed by atoms with Crippen LogP contribution in [0.15, 0.2) is 55.6 Å². The second-order valence-electron chi connectivity index (χ2n) is 5.44. The molecule has 0 aliphatic carbocycles. The van der Waals surface area contributed by atoms with Crippen molar-refractivity contribution < 1.29 is 13.6 Å². The molecule has 126 valence electrons. The number of hydrogen-bond donors (Lipinski definition) is 0. The SMILES string of the molecule is Cc1cc(=O)oc2cc(OCc3coc(-c4cccs4)n3)c(Cl)cc12. The smallest absolute Gasteiger partial charge is 0.336 e. The number of oxazole rings is 1. The molecule has 0 saturated carbocycles. The van der Waals surface area contributed by atoms with E-state index in [9.17, 15) is 4.79 Å². The number of fused-ring (bicyclic) bond motifs is 1. The third-order valence-electron chi connectivity index (χ3n) is 3.66. The highest BCUT2D eigenvalue weighted by atomic mass is 35.5. The van der Waals surface area contributed by atoms with Gasteiger partial charge in [-0.3, -0.25) is 0 Å². The van der Waals surface area contributed by atoms with Gasteiger partial charge in [0.05, 0.1) is 9.90 Å². The first kappa shape index (κ1) is 15.9. The Balaban J connectivity index is 1.59. The summed E-state index contributed by atoms with van der Waals surface area (Å²) in [5.41, 5.74) is 1.47. The fourth-order valence-corrected chi connectivity index (χ4v) is 3.34. The highest BCUT2D eigenvalue weighted by Crippen LogP contribution is 2.32. The standard InChI is InChI=1S/C18H12ClNO4S/c1-10-5-17(21)24-14-7-15(13(19)6-12(10)14)22-8-11-9-23-18(20-11)16-3-2-4-25-16/h2-7,9H,8H2,1H3. The van der Waals surface area contributed by atoms with Crippen LogP contribution >= 0.6 is 22.9 Å². The van der Waals surface area contributed by atoms with Crippen molar-refractivity contribution in [3.05, 3.63) is 68.7 Å². The van der Waals surface area contributed by atoms with Crippen molar-refractivity contribution in [1.82, 2.24) is 4.98 Å². The van der Waals surface area contributed by atoms with Crippen LogP contribution in [0.4, 0.5) is 0 Å². The number of halogens is 1. The molecule has 0 aliphatic rings. The van der Waals surface area contributed by atoms with Gasteiger partial charge < -0.3 is 13.6 Å². The van der Waals surface area contributed by atoms with Crippen molar-refractivity contribution in [1.29, 1.82) is 0 Å². The molecule has 4 aromatic rings. The Hall–Kier alpha value is -2.57. The van der Waals surface area contributed by atoms with Crippen molar-refractivity contribution in [3.8, 4) is 16.5 Å². The van der Waals surface area contributed by atoms with Gasteiger partial charge in [-0.25, -0.2) is 9.78 Å². The Labute approximate surface area is 151 Å². The minimum absolute atomic E-state index is 0.191. The molecule has 4 rings (SSSR count). The third kappa shape index (κ3) is 3.18. The number of hydrogen-bond acceptors (Lipinski definition) is 6. The molecule has 0 saturated heterocycles. The highest BCUT2D eigenvalue weighted by Gasteiger charge is 2.12. The van der Waals surface area contributed by atoms with E-state index in [0.717, 1.165) is 15.8 Å². The second-order valence-corrected chi connectivity index (χ2v) is 6.79. The molecule has 7 heteroatoms. The third-order valence-corrected chi connectivity index (χ3v) is 4.82. The van der Waals surface area contributed by atoms with Crippen LogP contribution in [-0.2, 0) is 6.61 Å². The molecule has 0 aliphatic heterocycles. The maximum atomic E-state index is 11.5. The lowest BCUT2D eigenvalue weighted by Crippen LogP contribution is -2.00. The van der Waals surface area contributed by atoms with E-state index in [1.54, 1.807) is 29.7 Å². The van der Waals surface area contributed by atoms with Crippen LogP contribution in [0, 0.1) is 6.92 Å². The van der Waals surface area contributed by atoms with Gasteiger partial charge in [-0.1, -0.05) is 17.7 Å². The molecular weight excluding hydrogens is 362 g/mol. The number of thiophene rings is 1. The largest absolute Gasteiger partial charge is 0.485 e. The first-order valence-electron chi connectivity index (χ1n) is 7.45. The average Bonchev–Trinajstić information content (AvgIpc) is 3.25. The van der Waals surface area contributed by atoms with Gasteiger partial charge in [0.15, 0.2) is 0 Å². The maximum absolute atomic E-state index is 11.5. The molecule has 0 radical (unpaired) electrons. The Bertz CT molecular complexity index is 1100. The lowest BCUT2D eigenvalue weighted by atomic mass is 10.1. The van der Waals surface area contributed by atoms with Gasteiger partial charge in [0, 0.05) is 17.5 Å². The lowest BCUT2D eigenvalue weighted by molar-refractivity contribution is 0.301. The van der Waals surface area contributed by atoms with E-state index in [1.807, 2.05) is 24.4 Å². The van der Waals surface area contributed by atoms with E-state index in [2.05, 4.69) is 4.98 Å². The topological polar surface area (TPSA) is 65.5 Å². The Morgan fingerprint density at radius 2 is 2.20 bits per heavy atom. The van der Waals surface area contributed by atoms with Crippen LogP contribution in [0.3, 0.4) is 0 Å². The van der Waals surface area contributed by atoms with Gasteiger partial charge in [-0.2, -0.15) is 0 Å². The number of nitrogens with zero attached hydrogens (tertiary/aromatic N) is 1. The predicted molar refractivity (Wildman–Crippen MR) is 96.4 cm³/mol. The van der Waals surface area contributed by atoms with Crippen LogP contribution < -0.4 is 10.4 Å². The summed E-state index contributed by atoms with van der Waals surface area (Å²) < 4.78 is 16.4. The van der Waals surface area contributed by atoms with Gasteiger partial charge in [0.2, 0.25) is 5.89 Å². The molecule has 5 nitrogen and oxygen atoms in total. The monoisotopic (exact) mass is 373 g/mol. The zero-order valence-corrected chi connectivity index (χ0v) is 14.7. The Kier molecular flexibility index (Phi) is 4.07. The van der Waals surface area contributed by atoms with E-state index < -0.39 is 5.63 Å². The summed E-state index contributed by atoms with van der Waals surface area (Å²) in [6.07, 6.45) is 1.55. The van der Waals surface area contributed by atoms with Crippen molar-refractivity contribution in [2.24, 2.45) is 0 Å². The molecule has 0 bridgehead atoms. The molecular formula is C18H12ClNO4S. The summed E-state index contributed by atoms with van der Waals surface area (Å²) in [7, 11) is 0. The van der Waals surface area contributed by atoms with E-state index in [1.165, 1.54) is 6.07 Å². The van der Waals surface area contributed by atoms with E-state index in [4.69, 9.17) is 25.2 Å². The maximum Gasteiger partial charge on any atom is 0.336 e. The normalized spacial score (nSPS) is 11.1. The van der Waals surface area contributed by atoms with Crippen LogP contribution in [-0.4, -0.2) is 4.98 Å². The van der Waals surface area contributed by atoms with Crippen molar-refractivity contribution in [3.63, 3.8) is 0 Å². The fourth-order valence-electron chi connectivity index (χ4n) is 2.47. The summed E-state index contributed by atoms with van der Waals surface area (Å²) in [5, 5.41) is 3.17. The predicted octanol–water partition coefficient (Wildman–Crippen LogP) is 5.05. The minimum atomic E-state index is -0.407. The number of benzene rings is 1. The molecule has 0 atom stereocenters. The summed E-state index contributed by atoms with van der Waals surface area (Å²) >= 11 is 7.83. The lowest BCUT2D eigenvalue weighted by Gasteiger charge is -2.08. The Morgan fingerprint density at radius 3 is 3.00 bits per heavy atom. The van der Waals surface area contributed by atoms with Gasteiger partial charge in [0.25, 0.3) is 0 Å². The molecule has 0 fully saturated rings. The van der Waals surface area contributed by atoms with Gasteiger partial charge in [0.1, 0.15) is 29.9 Å². The van der Waals surface area contributed by atoms with Gasteiger partial charge >= 0.3 is 5.63 Å². The summed E-state index contributed by atoms with van der Waals surface area (Å²) in [6.45, 7) is 2.02. The van der Waals surface area contributed by atoms with Crippen molar-refractivity contribution in [2.75, 3.05) is 0 Å². The molecule has 25 heavy (non-hydrogen) atoms. The second kappa shape index (κ2) is 6.38. The summed E-state index contributed by atoms with van der Waals surface area (Å²) in [4.78, 5) is 16.9. The van der Waals surface area contributed by atoms with E-state index in [0.29, 0.717) is 27.9 Å². The number of aryl methyl sites for hydroxylation is 1. The molecule has 0 unspecified atom stereocenters. The average molecular weight is 374 g/mol. The van der Waals surface area contributed by atoms with E-state index >= 15 is 0 Å². The Morgan fingerprint density at radius 1 is 1.32 bits per heavy atom. The van der Waals surface area contributed by atoms with Crippen LogP contribution in [0.5, 0.6) is 5.75 Å². The minimum Gasteiger partial charge on any atom is -0.485 e. The molecule has 3 heterocycles. The first-order valence-corrected chi connectivity index (χ1v) is 8.71. The van der Waals surface area contributed by atoms with Crippen LogP contribution in [0.1, 0.15) is 11.3 Å². The number of ether oxygens (including phenoxy) is 1. The van der Waals surface area contributed by atoms with Crippen LogP contribution in [0.2, 0.25) is 5.02 Å². The van der Waals surface area contributed by atoms with Gasteiger partial charge in [-0.15, -0.1) is 11.3 Å². The quantitative estimate of drug-likeness (QED) is 0.468. The molecule has 0 amide bonds. The molecule has 0 spiro atoms. The summed E-state index contributed by atoms with van der Waals surface area (Å²) in [5.74, 6) is 0.975. The van der Waals surface area contributed by atoms with E-state index in [-0.39, 0.29) is 6.61 Å². The molecule has 1 aromatic carbocycles. The molecule has 0 N–H and O–H groups in total. The zero-order valence-electron chi connectivity index (χ0n) is 13.1. The van der Waals surface area contributed by atoms with Crippen molar-refractivity contribution >= 4 is 33.9 Å². The van der Waals surface area contributed by atoms with Gasteiger partial charge in [-0.05, 0) is 30.0 Å². The fraction of sp³-hybridized carbons (Fsp3) is 0.111. The number of aromatic nitrogens is 1.